The Morgan fingerprint density at radius 2 is 2.00 bits per heavy atom. The molecule has 5 nitrogen and oxygen atoms in total. The maximum atomic E-state index is 12.5. The summed E-state index contributed by atoms with van der Waals surface area (Å²) in [5.41, 5.74) is 6.21. The summed E-state index contributed by atoms with van der Waals surface area (Å²) in [5.74, 6) is -0.899. The number of aliphatic carboxylic acids is 1. The Balaban J connectivity index is 1.89. The smallest absolute Gasteiger partial charge is 0.315 e. The van der Waals surface area contributed by atoms with Gasteiger partial charge in [0.15, 0.2) is 5.78 Å². The Morgan fingerprint density at radius 1 is 1.30 bits per heavy atom. The molecular weight excluding hydrogens is 256 g/mol. The normalized spacial score (nSPS) is 45.0. The van der Waals surface area contributed by atoms with Gasteiger partial charge in [0.1, 0.15) is 5.92 Å². The fraction of sp³-hybridized carbons (Fsp3) is 0.867. The molecule has 0 spiro atoms. The minimum absolute atomic E-state index is 0.0360. The highest BCUT2D eigenvalue weighted by molar-refractivity contribution is 6.00. The van der Waals surface area contributed by atoms with Gasteiger partial charge in [-0.2, -0.15) is 0 Å². The lowest BCUT2D eigenvalue weighted by Gasteiger charge is -2.50. The van der Waals surface area contributed by atoms with Gasteiger partial charge in [0.2, 0.25) is 0 Å². The summed E-state index contributed by atoms with van der Waals surface area (Å²) < 4.78 is 0. The molecule has 5 heteroatoms. The Labute approximate surface area is 119 Å². The number of piperidine rings is 1. The van der Waals surface area contributed by atoms with Crippen molar-refractivity contribution in [3.63, 3.8) is 0 Å². The predicted molar refractivity (Wildman–Crippen MR) is 74.1 cm³/mol. The first-order valence-corrected chi connectivity index (χ1v) is 7.80. The molecular formula is C15H24N2O3. The van der Waals surface area contributed by atoms with Crippen molar-refractivity contribution in [3.05, 3.63) is 0 Å². The van der Waals surface area contributed by atoms with Crippen molar-refractivity contribution in [3.8, 4) is 0 Å². The summed E-state index contributed by atoms with van der Waals surface area (Å²) in [7, 11) is 0. The molecule has 2 saturated carbocycles. The van der Waals surface area contributed by atoms with E-state index in [9.17, 15) is 14.7 Å². The van der Waals surface area contributed by atoms with Crippen LogP contribution in [-0.2, 0) is 9.59 Å². The standard InChI is InChI=1S/C15H24N2O3/c1-2-17-7-11(15(19)20)14(18)10-4-3-8-9(13(10)17)5-6-12(8)16/h8-13H,2-7,16H2,1H3,(H,19,20). The van der Waals surface area contributed by atoms with Crippen molar-refractivity contribution in [2.45, 2.75) is 44.7 Å². The fourth-order valence-electron chi connectivity index (χ4n) is 4.90. The number of carbonyl (C=O) groups excluding carboxylic acids is 1. The lowest BCUT2D eigenvalue weighted by molar-refractivity contribution is -0.156. The molecule has 2 aliphatic carbocycles. The van der Waals surface area contributed by atoms with Crippen LogP contribution in [0, 0.1) is 23.7 Å². The Morgan fingerprint density at radius 3 is 2.65 bits per heavy atom. The monoisotopic (exact) mass is 280 g/mol. The first-order chi connectivity index (χ1) is 9.54. The van der Waals surface area contributed by atoms with Crippen molar-refractivity contribution < 1.29 is 14.7 Å². The van der Waals surface area contributed by atoms with E-state index in [0.29, 0.717) is 18.4 Å². The summed E-state index contributed by atoms with van der Waals surface area (Å²) in [6, 6.07) is 0.502. The third-order valence-electron chi connectivity index (χ3n) is 5.85. The van der Waals surface area contributed by atoms with Gasteiger partial charge < -0.3 is 10.8 Å². The minimum Gasteiger partial charge on any atom is -0.481 e. The Bertz CT molecular complexity index is 425. The van der Waals surface area contributed by atoms with Crippen molar-refractivity contribution in [1.29, 1.82) is 0 Å². The van der Waals surface area contributed by atoms with E-state index >= 15 is 0 Å². The molecule has 3 N–H and O–H groups in total. The van der Waals surface area contributed by atoms with Crippen LogP contribution >= 0.6 is 0 Å². The number of likely N-dealkylation sites (tertiary alicyclic amines) is 1. The van der Waals surface area contributed by atoms with Gasteiger partial charge in [-0.3, -0.25) is 14.5 Å². The Kier molecular flexibility index (Phi) is 3.58. The number of carboxylic acid groups (broad SMARTS) is 1. The van der Waals surface area contributed by atoms with E-state index in [4.69, 9.17) is 5.73 Å². The lowest BCUT2D eigenvalue weighted by Crippen LogP contribution is -2.61. The maximum absolute atomic E-state index is 12.5. The predicted octanol–water partition coefficient (Wildman–Crippen LogP) is 0.724. The van der Waals surface area contributed by atoms with E-state index in [1.54, 1.807) is 0 Å². The van der Waals surface area contributed by atoms with E-state index in [0.717, 1.165) is 32.2 Å². The van der Waals surface area contributed by atoms with E-state index in [1.807, 2.05) is 0 Å². The number of fused-ring (bicyclic) bond motifs is 3. The molecule has 3 rings (SSSR count). The van der Waals surface area contributed by atoms with Crippen LogP contribution in [0.4, 0.5) is 0 Å². The molecule has 1 heterocycles. The third kappa shape index (κ3) is 1.99. The second-order valence-electron chi connectivity index (χ2n) is 6.62. The average Bonchev–Trinajstić information content (AvgIpc) is 2.81. The van der Waals surface area contributed by atoms with E-state index in [2.05, 4.69) is 11.8 Å². The SMILES string of the molecule is CCN1CC(C(=O)O)C(=O)C2CCC3C(N)CCC3C21. The molecule has 3 fully saturated rings. The first kappa shape index (κ1) is 14.0. The van der Waals surface area contributed by atoms with Crippen LogP contribution in [-0.4, -0.2) is 46.9 Å². The van der Waals surface area contributed by atoms with Gasteiger partial charge in [-0.25, -0.2) is 0 Å². The largest absolute Gasteiger partial charge is 0.481 e. The van der Waals surface area contributed by atoms with Gasteiger partial charge in [-0.1, -0.05) is 6.92 Å². The summed E-state index contributed by atoms with van der Waals surface area (Å²) in [6.45, 7) is 3.26. The summed E-state index contributed by atoms with van der Waals surface area (Å²) in [5, 5.41) is 9.27. The van der Waals surface area contributed by atoms with Gasteiger partial charge in [0.25, 0.3) is 0 Å². The number of nitrogens with two attached hydrogens (primary N) is 1. The molecule has 112 valence electrons. The zero-order valence-electron chi connectivity index (χ0n) is 12.0. The highest BCUT2D eigenvalue weighted by Crippen LogP contribution is 2.48. The number of nitrogens with zero attached hydrogens (tertiary/aromatic N) is 1. The van der Waals surface area contributed by atoms with Crippen LogP contribution in [0.1, 0.15) is 32.6 Å². The van der Waals surface area contributed by atoms with Crippen molar-refractivity contribution in [1.82, 2.24) is 4.90 Å². The minimum atomic E-state index is -0.961. The number of carboxylic acids is 1. The summed E-state index contributed by atoms with van der Waals surface area (Å²) in [6.07, 6.45) is 3.95. The third-order valence-corrected chi connectivity index (χ3v) is 5.85. The van der Waals surface area contributed by atoms with Crippen LogP contribution < -0.4 is 5.73 Å². The molecule has 20 heavy (non-hydrogen) atoms. The van der Waals surface area contributed by atoms with Crippen LogP contribution in [0.15, 0.2) is 0 Å². The molecule has 1 saturated heterocycles. The number of hydrogen-bond acceptors (Lipinski definition) is 4. The van der Waals surface area contributed by atoms with Crippen LogP contribution in [0.25, 0.3) is 0 Å². The topological polar surface area (TPSA) is 83.6 Å². The van der Waals surface area contributed by atoms with Gasteiger partial charge in [-0.15, -0.1) is 0 Å². The fourth-order valence-corrected chi connectivity index (χ4v) is 4.90. The molecule has 6 unspecified atom stereocenters. The average molecular weight is 280 g/mol. The second kappa shape index (κ2) is 5.11. The number of rotatable bonds is 2. The lowest BCUT2D eigenvalue weighted by atomic mass is 9.65. The zero-order chi connectivity index (χ0) is 14.4. The van der Waals surface area contributed by atoms with Crippen LogP contribution in [0.5, 0.6) is 0 Å². The number of Topliss-reactive ketones (excluding diaryl/α,β-unsaturated/α-hetero) is 1. The number of carbonyl (C=O) groups is 2. The van der Waals surface area contributed by atoms with Gasteiger partial charge in [0, 0.05) is 24.5 Å². The van der Waals surface area contributed by atoms with E-state index in [-0.39, 0.29) is 23.8 Å². The number of ketones is 1. The molecule has 0 aromatic heterocycles. The van der Waals surface area contributed by atoms with E-state index in [1.165, 1.54) is 0 Å². The number of hydrogen-bond donors (Lipinski definition) is 2. The molecule has 0 radical (unpaired) electrons. The van der Waals surface area contributed by atoms with Crippen molar-refractivity contribution >= 4 is 11.8 Å². The first-order valence-electron chi connectivity index (χ1n) is 7.80. The van der Waals surface area contributed by atoms with Crippen molar-refractivity contribution in [2.75, 3.05) is 13.1 Å². The second-order valence-corrected chi connectivity index (χ2v) is 6.62. The van der Waals surface area contributed by atoms with E-state index < -0.39 is 11.9 Å². The molecule has 0 aromatic rings. The van der Waals surface area contributed by atoms with Gasteiger partial charge >= 0.3 is 5.97 Å². The molecule has 3 aliphatic rings. The molecule has 0 amide bonds. The Hall–Kier alpha value is -0.940. The zero-order valence-corrected chi connectivity index (χ0v) is 12.0. The van der Waals surface area contributed by atoms with Crippen LogP contribution in [0.3, 0.4) is 0 Å². The van der Waals surface area contributed by atoms with Gasteiger partial charge in [-0.05, 0) is 44.1 Å². The molecule has 0 aromatic carbocycles. The van der Waals surface area contributed by atoms with Crippen molar-refractivity contribution in [2.24, 2.45) is 29.4 Å². The van der Waals surface area contributed by atoms with Crippen LogP contribution in [0.2, 0.25) is 0 Å². The highest BCUT2D eigenvalue weighted by Gasteiger charge is 2.53. The highest BCUT2D eigenvalue weighted by atomic mass is 16.4. The molecule has 1 aliphatic heterocycles. The molecule has 6 atom stereocenters. The molecule has 0 bridgehead atoms. The summed E-state index contributed by atoms with van der Waals surface area (Å²) >= 11 is 0. The quantitative estimate of drug-likeness (QED) is 0.728. The maximum Gasteiger partial charge on any atom is 0.315 e. The van der Waals surface area contributed by atoms with Gasteiger partial charge in [0.05, 0.1) is 0 Å². The summed E-state index contributed by atoms with van der Waals surface area (Å²) in [4.78, 5) is 26.0.